The number of furan rings is 1. The Bertz CT molecular complexity index is 808. The molecule has 5 heteroatoms. The molecule has 120 valence electrons. The summed E-state index contributed by atoms with van der Waals surface area (Å²) in [7, 11) is 0. The minimum atomic E-state index is -0.768. The number of amides is 1. The van der Waals surface area contributed by atoms with Gasteiger partial charge in [-0.25, -0.2) is 0 Å². The van der Waals surface area contributed by atoms with Gasteiger partial charge in [-0.2, -0.15) is 0 Å². The van der Waals surface area contributed by atoms with Crippen molar-refractivity contribution in [3.05, 3.63) is 35.6 Å². The maximum Gasteiger partial charge on any atom is 0.311 e. The largest absolute Gasteiger partial charge is 0.481 e. The van der Waals surface area contributed by atoms with Crippen LogP contribution in [0.3, 0.4) is 0 Å². The topological polar surface area (TPSA) is 70.8 Å². The van der Waals surface area contributed by atoms with E-state index >= 15 is 0 Å². The molecule has 1 saturated carbocycles. The molecule has 0 bridgehead atoms. The molecule has 23 heavy (non-hydrogen) atoms. The predicted molar refractivity (Wildman–Crippen MR) is 84.3 cm³/mol. The molecule has 1 aliphatic carbocycles. The van der Waals surface area contributed by atoms with Gasteiger partial charge in [0.05, 0.1) is 5.41 Å². The Kier molecular flexibility index (Phi) is 3.01. The SMILES string of the molecule is Cc1ccc2oc(C(=O)N3C[C@@H]4CCC[C@@]4(C(=O)O)C3)cc2c1. The van der Waals surface area contributed by atoms with Crippen LogP contribution in [0.15, 0.2) is 28.7 Å². The van der Waals surface area contributed by atoms with Crippen molar-refractivity contribution in [1.82, 2.24) is 4.90 Å². The Morgan fingerprint density at radius 1 is 1.35 bits per heavy atom. The molecular formula is C18H19NO4. The second-order valence-corrected chi connectivity index (χ2v) is 6.89. The smallest absolute Gasteiger partial charge is 0.311 e. The standard InChI is InChI=1S/C18H19NO4/c1-11-4-5-14-12(7-11)8-15(23-14)16(20)19-9-13-3-2-6-18(13,10-19)17(21)22/h4-5,7-8,13H,2-3,6,9-10H2,1H3,(H,21,22)/t13-,18+/m0/s1. The van der Waals surface area contributed by atoms with E-state index < -0.39 is 11.4 Å². The summed E-state index contributed by atoms with van der Waals surface area (Å²) < 4.78 is 5.67. The van der Waals surface area contributed by atoms with Gasteiger partial charge in [-0.1, -0.05) is 18.1 Å². The average Bonchev–Trinajstić information content (AvgIpc) is 3.17. The Morgan fingerprint density at radius 3 is 2.91 bits per heavy atom. The maximum absolute atomic E-state index is 12.7. The lowest BCUT2D eigenvalue weighted by atomic mass is 9.81. The number of likely N-dealkylation sites (tertiary alicyclic amines) is 1. The van der Waals surface area contributed by atoms with E-state index in [2.05, 4.69) is 0 Å². The first-order valence-electron chi connectivity index (χ1n) is 8.02. The van der Waals surface area contributed by atoms with Crippen LogP contribution in [-0.4, -0.2) is 35.0 Å². The molecule has 1 aromatic carbocycles. The van der Waals surface area contributed by atoms with E-state index in [0.29, 0.717) is 30.9 Å². The highest BCUT2D eigenvalue weighted by Crippen LogP contribution is 2.49. The van der Waals surface area contributed by atoms with Crippen molar-refractivity contribution in [2.24, 2.45) is 11.3 Å². The molecule has 0 unspecified atom stereocenters. The van der Waals surface area contributed by atoms with Gasteiger partial charge in [-0.15, -0.1) is 0 Å². The Balaban J connectivity index is 1.63. The third-order valence-corrected chi connectivity index (χ3v) is 5.47. The zero-order chi connectivity index (χ0) is 16.2. The average molecular weight is 313 g/mol. The Hall–Kier alpha value is -2.30. The van der Waals surface area contributed by atoms with Crippen molar-refractivity contribution >= 4 is 22.8 Å². The number of carboxylic acid groups (broad SMARTS) is 1. The number of carbonyl (C=O) groups is 2. The molecule has 1 aliphatic heterocycles. The monoisotopic (exact) mass is 313 g/mol. The molecule has 2 atom stereocenters. The highest BCUT2D eigenvalue weighted by Gasteiger charge is 2.56. The van der Waals surface area contributed by atoms with Crippen LogP contribution in [0, 0.1) is 18.3 Å². The summed E-state index contributed by atoms with van der Waals surface area (Å²) in [6.45, 7) is 2.80. The summed E-state index contributed by atoms with van der Waals surface area (Å²) in [5.41, 5.74) is 1.04. The number of aryl methyl sites for hydroxylation is 1. The minimum absolute atomic E-state index is 0.0653. The molecule has 2 aromatic rings. The lowest BCUT2D eigenvalue weighted by Gasteiger charge is -2.22. The van der Waals surface area contributed by atoms with E-state index in [9.17, 15) is 14.7 Å². The first kappa shape index (κ1) is 14.3. The van der Waals surface area contributed by atoms with E-state index in [1.165, 1.54) is 0 Å². The second-order valence-electron chi connectivity index (χ2n) is 6.89. The summed E-state index contributed by atoms with van der Waals surface area (Å²) in [5.74, 6) is -0.605. The normalized spacial score (nSPS) is 26.7. The lowest BCUT2D eigenvalue weighted by Crippen LogP contribution is -2.37. The van der Waals surface area contributed by atoms with Gasteiger partial charge in [0, 0.05) is 18.5 Å². The molecule has 2 heterocycles. The van der Waals surface area contributed by atoms with E-state index in [1.807, 2.05) is 25.1 Å². The Morgan fingerprint density at radius 2 is 2.17 bits per heavy atom. The fraction of sp³-hybridized carbons (Fsp3) is 0.444. The summed E-state index contributed by atoms with van der Waals surface area (Å²) in [5, 5.41) is 10.5. The summed E-state index contributed by atoms with van der Waals surface area (Å²) in [4.78, 5) is 26.1. The zero-order valence-electron chi connectivity index (χ0n) is 13.0. The third kappa shape index (κ3) is 2.06. The van der Waals surface area contributed by atoms with Crippen LogP contribution in [0.2, 0.25) is 0 Å². The number of carbonyl (C=O) groups excluding carboxylic acids is 1. The second kappa shape index (κ2) is 4.85. The zero-order valence-corrected chi connectivity index (χ0v) is 13.0. The van der Waals surface area contributed by atoms with Crippen molar-refractivity contribution in [2.45, 2.75) is 26.2 Å². The van der Waals surface area contributed by atoms with Crippen molar-refractivity contribution in [3.8, 4) is 0 Å². The molecule has 0 spiro atoms. The van der Waals surface area contributed by atoms with E-state index in [4.69, 9.17) is 4.42 Å². The van der Waals surface area contributed by atoms with Gasteiger partial charge in [-0.05, 0) is 43.9 Å². The predicted octanol–water partition coefficient (Wildman–Crippen LogP) is 3.07. The molecule has 1 amide bonds. The highest BCUT2D eigenvalue weighted by atomic mass is 16.4. The molecule has 1 N–H and O–H groups in total. The van der Waals surface area contributed by atoms with E-state index in [0.717, 1.165) is 23.8 Å². The lowest BCUT2D eigenvalue weighted by molar-refractivity contribution is -0.149. The fourth-order valence-electron chi connectivity index (χ4n) is 4.22. The molecule has 5 nitrogen and oxygen atoms in total. The van der Waals surface area contributed by atoms with Crippen LogP contribution in [0.1, 0.15) is 35.4 Å². The van der Waals surface area contributed by atoms with Gasteiger partial charge in [-0.3, -0.25) is 9.59 Å². The number of carboxylic acids is 1. The van der Waals surface area contributed by atoms with Crippen molar-refractivity contribution in [2.75, 3.05) is 13.1 Å². The number of hydrogen-bond donors (Lipinski definition) is 1. The van der Waals surface area contributed by atoms with Gasteiger partial charge in [0.1, 0.15) is 5.58 Å². The molecule has 4 rings (SSSR count). The summed E-state index contributed by atoms with van der Waals surface area (Å²) in [6.07, 6.45) is 2.48. The number of rotatable bonds is 2. The van der Waals surface area contributed by atoms with Gasteiger partial charge in [0.25, 0.3) is 5.91 Å². The summed E-state index contributed by atoms with van der Waals surface area (Å²) >= 11 is 0. The molecule has 2 fully saturated rings. The third-order valence-electron chi connectivity index (χ3n) is 5.47. The van der Waals surface area contributed by atoms with E-state index in [1.54, 1.807) is 11.0 Å². The van der Waals surface area contributed by atoms with Crippen LogP contribution >= 0.6 is 0 Å². The van der Waals surface area contributed by atoms with Crippen LogP contribution < -0.4 is 0 Å². The molecule has 1 saturated heterocycles. The van der Waals surface area contributed by atoms with Crippen LogP contribution in [0.4, 0.5) is 0 Å². The van der Waals surface area contributed by atoms with Crippen LogP contribution in [-0.2, 0) is 4.79 Å². The minimum Gasteiger partial charge on any atom is -0.481 e. The first-order valence-corrected chi connectivity index (χ1v) is 8.02. The van der Waals surface area contributed by atoms with Crippen LogP contribution in [0.25, 0.3) is 11.0 Å². The van der Waals surface area contributed by atoms with E-state index in [-0.39, 0.29) is 11.8 Å². The molecule has 2 aliphatic rings. The fourth-order valence-corrected chi connectivity index (χ4v) is 4.22. The van der Waals surface area contributed by atoms with Crippen LogP contribution in [0.5, 0.6) is 0 Å². The quantitative estimate of drug-likeness (QED) is 0.925. The number of fused-ring (bicyclic) bond motifs is 2. The van der Waals surface area contributed by atoms with Gasteiger partial charge in [0.2, 0.25) is 0 Å². The Labute approximate surface area is 133 Å². The van der Waals surface area contributed by atoms with Gasteiger partial charge >= 0.3 is 5.97 Å². The highest BCUT2D eigenvalue weighted by molar-refractivity contribution is 5.97. The number of benzene rings is 1. The van der Waals surface area contributed by atoms with Gasteiger partial charge < -0.3 is 14.4 Å². The molecular weight excluding hydrogens is 294 g/mol. The number of nitrogens with zero attached hydrogens (tertiary/aromatic N) is 1. The van der Waals surface area contributed by atoms with Crippen molar-refractivity contribution < 1.29 is 19.1 Å². The van der Waals surface area contributed by atoms with Crippen molar-refractivity contribution in [1.29, 1.82) is 0 Å². The number of aliphatic carboxylic acids is 1. The molecule has 0 radical (unpaired) electrons. The van der Waals surface area contributed by atoms with Gasteiger partial charge in [0.15, 0.2) is 5.76 Å². The number of hydrogen-bond acceptors (Lipinski definition) is 3. The summed E-state index contributed by atoms with van der Waals surface area (Å²) in [6, 6.07) is 7.54. The first-order chi connectivity index (χ1) is 11.0. The maximum atomic E-state index is 12.7. The molecule has 1 aromatic heterocycles. The van der Waals surface area contributed by atoms with Crippen molar-refractivity contribution in [3.63, 3.8) is 0 Å².